The van der Waals surface area contributed by atoms with Gasteiger partial charge in [0, 0.05) is 43.1 Å². The zero-order valence-corrected chi connectivity index (χ0v) is 31.5. The molecule has 3 fully saturated rings. The average Bonchev–Trinajstić information content (AvgIpc) is 3.42. The molecule has 10 rings (SSSR count). The normalized spacial score (nSPS) is 21.8. The minimum Gasteiger partial charge on any atom is -0.376 e. The van der Waals surface area contributed by atoms with Gasteiger partial charge in [-0.2, -0.15) is 10.2 Å². The van der Waals surface area contributed by atoms with E-state index < -0.39 is 5.82 Å². The fourth-order valence-electron chi connectivity index (χ4n) is 9.23. The Morgan fingerprint density at radius 3 is 2.56 bits per heavy atom. The predicted octanol–water partition coefficient (Wildman–Crippen LogP) is 7.59. The first-order chi connectivity index (χ1) is 26.4. The second kappa shape index (κ2) is 12.0. The third-order valence-corrected chi connectivity index (χ3v) is 12.1. The molecule has 3 atom stereocenters. The number of amides is 3. The van der Waals surface area contributed by atoms with Crippen LogP contribution in [0.3, 0.4) is 0 Å². The molecule has 4 aliphatic rings. The first-order valence-electron chi connectivity index (χ1n) is 19.0. The molecule has 3 aliphatic heterocycles. The van der Waals surface area contributed by atoms with Gasteiger partial charge in [0.05, 0.1) is 58.4 Å². The largest absolute Gasteiger partial charge is 0.376 e. The van der Waals surface area contributed by atoms with Crippen LogP contribution in [0.15, 0.2) is 54.7 Å². The number of hydrogen-bond acceptors (Lipinski definition) is 5. The number of aromatic nitrogens is 5. The smallest absolute Gasteiger partial charge is 0.330 e. The van der Waals surface area contributed by atoms with Crippen molar-refractivity contribution in [3.63, 3.8) is 0 Å². The van der Waals surface area contributed by atoms with Crippen molar-refractivity contribution in [2.45, 2.75) is 83.5 Å². The lowest BCUT2D eigenvalue weighted by Gasteiger charge is -2.35. The van der Waals surface area contributed by atoms with E-state index in [-0.39, 0.29) is 47.7 Å². The van der Waals surface area contributed by atoms with Gasteiger partial charge in [-0.05, 0) is 112 Å². The number of ether oxygens (including phenoxy) is 1. The van der Waals surface area contributed by atoms with Crippen molar-refractivity contribution in [2.75, 3.05) is 23.0 Å². The Bertz CT molecular complexity index is 2580. The topological polar surface area (TPSA) is 105 Å². The highest BCUT2D eigenvalue weighted by Crippen LogP contribution is 2.49. The van der Waals surface area contributed by atoms with Gasteiger partial charge in [-0.1, -0.05) is 6.07 Å². The second-order valence-electron chi connectivity index (χ2n) is 16.4. The molecule has 6 aromatic rings. The summed E-state index contributed by atoms with van der Waals surface area (Å²) in [5.74, 6) is -0.0234. The van der Waals surface area contributed by atoms with Gasteiger partial charge in [-0.15, -0.1) is 0 Å². The highest BCUT2D eigenvalue weighted by molar-refractivity contribution is 6.10. The van der Waals surface area contributed by atoms with Crippen LogP contribution in [0.2, 0.25) is 0 Å². The van der Waals surface area contributed by atoms with Gasteiger partial charge in [-0.25, -0.2) is 18.3 Å². The van der Waals surface area contributed by atoms with Crippen LogP contribution in [-0.2, 0) is 24.8 Å². The van der Waals surface area contributed by atoms with Gasteiger partial charge in [0.1, 0.15) is 17.3 Å². The van der Waals surface area contributed by atoms with E-state index in [2.05, 4.69) is 42.1 Å². The molecule has 13 heteroatoms. The van der Waals surface area contributed by atoms with E-state index in [4.69, 9.17) is 9.84 Å². The SMILES string of the molecule is Cc1cc(-n2nc3c(c2N2C(=O)N(c4ccc5c(cnn5C)c4F)C4CC42)CN(C(=O)c2cc4cc(C5CCOC(C)(C)C5)ccc4[nH]2)CC3)cc(C)c1F. The van der Waals surface area contributed by atoms with Crippen LogP contribution in [-0.4, -0.2) is 72.2 Å². The van der Waals surface area contributed by atoms with Crippen molar-refractivity contribution in [3.8, 4) is 5.69 Å². The van der Waals surface area contributed by atoms with E-state index >= 15 is 4.39 Å². The third kappa shape index (κ3) is 5.30. The number of aromatic amines is 1. The summed E-state index contributed by atoms with van der Waals surface area (Å²) in [6, 6.07) is 14.4. The molecule has 6 heterocycles. The quantitative estimate of drug-likeness (QED) is 0.196. The van der Waals surface area contributed by atoms with Gasteiger partial charge in [0.2, 0.25) is 0 Å². The van der Waals surface area contributed by atoms with E-state index in [0.717, 1.165) is 41.6 Å². The van der Waals surface area contributed by atoms with Crippen molar-refractivity contribution in [1.82, 2.24) is 29.4 Å². The summed E-state index contributed by atoms with van der Waals surface area (Å²) in [5, 5.41) is 10.6. The summed E-state index contributed by atoms with van der Waals surface area (Å²) in [7, 11) is 1.75. The number of nitrogens with zero attached hydrogens (tertiary/aromatic N) is 7. The minimum absolute atomic E-state index is 0.145. The van der Waals surface area contributed by atoms with E-state index in [1.54, 1.807) is 69.2 Å². The summed E-state index contributed by atoms with van der Waals surface area (Å²) in [6.45, 7) is 9.06. The third-order valence-electron chi connectivity index (χ3n) is 12.1. The van der Waals surface area contributed by atoms with Gasteiger partial charge in [0.25, 0.3) is 5.91 Å². The zero-order valence-electron chi connectivity index (χ0n) is 31.5. The number of anilines is 2. The van der Waals surface area contributed by atoms with Crippen LogP contribution in [0.1, 0.15) is 77.5 Å². The Kier molecular flexibility index (Phi) is 7.39. The number of carbonyl (C=O) groups excluding carboxylic acids is 2. The maximum absolute atomic E-state index is 16.1. The van der Waals surface area contributed by atoms with Crippen molar-refractivity contribution in [1.29, 1.82) is 0 Å². The average molecular weight is 745 g/mol. The van der Waals surface area contributed by atoms with Crippen LogP contribution in [0.25, 0.3) is 27.5 Å². The van der Waals surface area contributed by atoms with E-state index in [1.165, 1.54) is 11.8 Å². The molecule has 0 spiro atoms. The lowest BCUT2D eigenvalue weighted by atomic mass is 9.83. The standard InChI is InChI=1S/C42H42F2N8O3/c1-22-14-27(15-23(2)37(22)43)52-39(51-36-18-35(36)50(41(51)54)34-9-8-33-28(38(34)44)20-45-48(33)5)29-21-49(12-10-31(29)47-52)40(53)32-17-26-16-24(6-7-30(26)46-32)25-11-13-55-42(3,4)19-25/h6-9,14-17,20,25,35-36,46H,10-13,18-19,21H2,1-5H3. The van der Waals surface area contributed by atoms with Gasteiger partial charge in [-0.3, -0.25) is 19.3 Å². The highest BCUT2D eigenvalue weighted by atomic mass is 19.1. The molecule has 3 amide bonds. The number of benzene rings is 3. The molecule has 1 aliphatic carbocycles. The molecule has 282 valence electrons. The van der Waals surface area contributed by atoms with E-state index in [0.29, 0.717) is 64.5 Å². The lowest BCUT2D eigenvalue weighted by Crippen LogP contribution is -2.40. The number of rotatable bonds is 5. The van der Waals surface area contributed by atoms with Crippen LogP contribution in [0.4, 0.5) is 25.1 Å². The van der Waals surface area contributed by atoms with Crippen LogP contribution in [0.5, 0.6) is 0 Å². The van der Waals surface area contributed by atoms with Crippen LogP contribution >= 0.6 is 0 Å². The lowest BCUT2D eigenvalue weighted by molar-refractivity contribution is -0.0592. The number of aryl methyl sites for hydroxylation is 3. The van der Waals surface area contributed by atoms with Crippen molar-refractivity contribution in [3.05, 3.63) is 100 Å². The Hall–Kier alpha value is -5.56. The Balaban J connectivity index is 1.01. The number of hydrogen-bond donors (Lipinski definition) is 1. The number of fused-ring (bicyclic) bond motifs is 4. The first-order valence-corrected chi connectivity index (χ1v) is 19.0. The molecule has 0 bridgehead atoms. The molecule has 3 aromatic heterocycles. The molecule has 1 saturated carbocycles. The number of urea groups is 1. The number of nitrogens with one attached hydrogen (secondary N) is 1. The van der Waals surface area contributed by atoms with Crippen molar-refractivity contribution in [2.24, 2.45) is 7.05 Å². The number of carbonyl (C=O) groups is 2. The zero-order chi connectivity index (χ0) is 38.1. The monoisotopic (exact) mass is 744 g/mol. The van der Waals surface area contributed by atoms with E-state index in [9.17, 15) is 14.0 Å². The van der Waals surface area contributed by atoms with Gasteiger partial charge < -0.3 is 14.6 Å². The molecular formula is C42H42F2N8O3. The molecule has 0 radical (unpaired) electrons. The molecule has 3 unspecified atom stereocenters. The maximum atomic E-state index is 16.1. The highest BCUT2D eigenvalue weighted by Gasteiger charge is 2.60. The summed E-state index contributed by atoms with van der Waals surface area (Å²) in [4.78, 5) is 37.3. The molecular weight excluding hydrogens is 703 g/mol. The summed E-state index contributed by atoms with van der Waals surface area (Å²) in [6.07, 6.45) is 4.48. The van der Waals surface area contributed by atoms with Gasteiger partial charge in [0.15, 0.2) is 5.82 Å². The second-order valence-corrected chi connectivity index (χ2v) is 16.4. The molecule has 2 saturated heterocycles. The molecule has 1 N–H and O–H groups in total. The molecule has 3 aromatic carbocycles. The van der Waals surface area contributed by atoms with Crippen LogP contribution < -0.4 is 9.80 Å². The number of halogens is 2. The number of H-pyrrole nitrogens is 1. The first kappa shape index (κ1) is 34.0. The Labute approximate surface area is 316 Å². The van der Waals surface area contributed by atoms with Crippen molar-refractivity contribution >= 4 is 45.2 Å². The summed E-state index contributed by atoms with van der Waals surface area (Å²) >= 11 is 0. The van der Waals surface area contributed by atoms with E-state index in [1.807, 2.05) is 6.07 Å². The van der Waals surface area contributed by atoms with Crippen LogP contribution in [0, 0.1) is 25.5 Å². The Morgan fingerprint density at radius 2 is 1.78 bits per heavy atom. The minimum atomic E-state index is -0.495. The molecule has 11 nitrogen and oxygen atoms in total. The maximum Gasteiger partial charge on any atom is 0.330 e. The van der Waals surface area contributed by atoms with Crippen molar-refractivity contribution < 1.29 is 23.1 Å². The predicted molar refractivity (Wildman–Crippen MR) is 205 cm³/mol. The summed E-state index contributed by atoms with van der Waals surface area (Å²) < 4.78 is 40.3. The molecule has 55 heavy (non-hydrogen) atoms. The Morgan fingerprint density at radius 1 is 1.00 bits per heavy atom. The van der Waals surface area contributed by atoms with Gasteiger partial charge >= 0.3 is 6.03 Å². The summed E-state index contributed by atoms with van der Waals surface area (Å²) in [5.41, 5.74) is 6.35. The fraction of sp³-hybridized carbons (Fsp3) is 0.381. The fourth-order valence-corrected chi connectivity index (χ4v) is 9.23.